The quantitative estimate of drug-likeness (QED) is 0.313. The lowest BCUT2D eigenvalue weighted by Crippen LogP contribution is -2.55. The van der Waals surface area contributed by atoms with Crippen molar-refractivity contribution >= 4 is 0 Å². The van der Waals surface area contributed by atoms with Crippen LogP contribution in [0.15, 0.2) is 0 Å². The van der Waals surface area contributed by atoms with Crippen molar-refractivity contribution in [2.24, 2.45) is 0 Å². The normalized spacial score (nSPS) is 48.3. The molecule has 2 saturated heterocycles. The molecular weight excluding hydrogens is 288 g/mol. The Labute approximate surface area is 121 Å². The molecule has 0 aromatic carbocycles. The minimum atomic E-state index is -1.19. The summed E-state index contributed by atoms with van der Waals surface area (Å²) in [6, 6.07) is 0. The van der Waals surface area contributed by atoms with Crippen LogP contribution in [0.2, 0.25) is 0 Å². The van der Waals surface area contributed by atoms with Crippen LogP contribution in [0, 0.1) is 0 Å². The van der Waals surface area contributed by atoms with Gasteiger partial charge in [0.15, 0.2) is 12.6 Å². The minimum Gasteiger partial charge on any atom is -0.394 e. The van der Waals surface area contributed by atoms with Gasteiger partial charge in [-0.15, -0.1) is 0 Å². The highest BCUT2D eigenvalue weighted by molar-refractivity contribution is 4.84. The van der Waals surface area contributed by atoms with Crippen molar-refractivity contribution in [2.45, 2.75) is 62.0 Å². The number of aliphatic hydroxyl groups is 6. The third-order valence-corrected chi connectivity index (χ3v) is 3.70. The number of hydrogen-bond donors (Lipinski definition) is 6. The monoisotopic (exact) mass is 310 g/mol. The first kappa shape index (κ1) is 17.0. The summed E-state index contributed by atoms with van der Waals surface area (Å²) in [7, 11) is 0. The van der Waals surface area contributed by atoms with Gasteiger partial charge in [0.1, 0.15) is 24.4 Å². The summed E-state index contributed by atoms with van der Waals surface area (Å²) in [5.41, 5.74) is 0. The van der Waals surface area contributed by atoms with Gasteiger partial charge in [-0.25, -0.2) is 0 Å². The molecule has 2 rings (SSSR count). The molecule has 0 spiro atoms. The van der Waals surface area contributed by atoms with E-state index in [2.05, 4.69) is 0 Å². The molecule has 0 aliphatic carbocycles. The van der Waals surface area contributed by atoms with E-state index in [1.54, 1.807) is 0 Å². The second kappa shape index (κ2) is 7.27. The lowest BCUT2D eigenvalue weighted by atomic mass is 10.0. The summed E-state index contributed by atoms with van der Waals surface area (Å²) in [6.07, 6.45) is -8.65. The molecule has 2 heterocycles. The van der Waals surface area contributed by atoms with E-state index in [0.717, 1.165) is 0 Å². The fraction of sp³-hybridized carbons (Fsp3) is 1.00. The largest absolute Gasteiger partial charge is 0.394 e. The van der Waals surface area contributed by atoms with Crippen LogP contribution in [0.1, 0.15) is 12.8 Å². The smallest absolute Gasteiger partial charge is 0.187 e. The number of ether oxygens (including phenoxy) is 3. The van der Waals surface area contributed by atoms with Crippen molar-refractivity contribution in [3.05, 3.63) is 0 Å². The lowest BCUT2D eigenvalue weighted by Gasteiger charge is -2.41. The van der Waals surface area contributed by atoms with Gasteiger partial charge in [-0.2, -0.15) is 0 Å². The Bertz CT molecular complexity index is 298. The number of aliphatic hydroxyl groups excluding tert-OH is 6. The summed E-state index contributed by atoms with van der Waals surface area (Å²) in [6.45, 7) is -0.889. The van der Waals surface area contributed by atoms with Crippen LogP contribution in [0.4, 0.5) is 0 Å². The third kappa shape index (κ3) is 3.89. The Morgan fingerprint density at radius 1 is 0.714 bits per heavy atom. The SMILES string of the molecule is OC[C@H]1O[C@H](O[C@H]2O[C@H](CO)[C@@H](O)C[C@H]2O)[C@H](O)C[C@@H]1O. The fourth-order valence-electron chi connectivity index (χ4n) is 2.44. The van der Waals surface area contributed by atoms with E-state index in [-0.39, 0.29) is 12.8 Å². The zero-order valence-electron chi connectivity index (χ0n) is 11.4. The molecule has 2 aliphatic heterocycles. The lowest BCUT2D eigenvalue weighted by molar-refractivity contribution is -0.354. The molecule has 0 unspecified atom stereocenters. The molecule has 2 aliphatic rings. The van der Waals surface area contributed by atoms with Gasteiger partial charge >= 0.3 is 0 Å². The van der Waals surface area contributed by atoms with Gasteiger partial charge in [0, 0.05) is 12.8 Å². The van der Waals surface area contributed by atoms with Crippen molar-refractivity contribution in [1.29, 1.82) is 0 Å². The maximum absolute atomic E-state index is 9.82. The van der Waals surface area contributed by atoms with Crippen LogP contribution in [-0.4, -0.2) is 93.1 Å². The topological polar surface area (TPSA) is 149 Å². The molecule has 9 nitrogen and oxygen atoms in total. The van der Waals surface area contributed by atoms with Gasteiger partial charge in [0.05, 0.1) is 25.4 Å². The van der Waals surface area contributed by atoms with Gasteiger partial charge in [-0.05, 0) is 0 Å². The Hall–Kier alpha value is -0.360. The average molecular weight is 310 g/mol. The van der Waals surface area contributed by atoms with Crippen LogP contribution in [0.25, 0.3) is 0 Å². The first-order valence-corrected chi connectivity index (χ1v) is 6.86. The van der Waals surface area contributed by atoms with Crippen LogP contribution in [0.3, 0.4) is 0 Å². The zero-order valence-corrected chi connectivity index (χ0v) is 11.4. The molecule has 0 amide bonds. The van der Waals surface area contributed by atoms with Crippen molar-refractivity contribution in [2.75, 3.05) is 13.2 Å². The van der Waals surface area contributed by atoms with Gasteiger partial charge < -0.3 is 44.8 Å². The van der Waals surface area contributed by atoms with Crippen LogP contribution in [-0.2, 0) is 14.2 Å². The Morgan fingerprint density at radius 3 is 1.43 bits per heavy atom. The molecule has 2 fully saturated rings. The Balaban J connectivity index is 1.96. The number of hydrogen-bond acceptors (Lipinski definition) is 9. The van der Waals surface area contributed by atoms with E-state index < -0.39 is 62.4 Å². The zero-order chi connectivity index (χ0) is 15.6. The predicted molar refractivity (Wildman–Crippen MR) is 65.8 cm³/mol. The molecule has 0 radical (unpaired) electrons. The second-order valence-corrected chi connectivity index (χ2v) is 5.33. The van der Waals surface area contributed by atoms with Gasteiger partial charge in [0.25, 0.3) is 0 Å². The molecule has 21 heavy (non-hydrogen) atoms. The Kier molecular flexibility index (Phi) is 5.88. The van der Waals surface area contributed by atoms with Crippen molar-refractivity contribution in [3.63, 3.8) is 0 Å². The molecule has 6 N–H and O–H groups in total. The van der Waals surface area contributed by atoms with Gasteiger partial charge in [-0.3, -0.25) is 0 Å². The van der Waals surface area contributed by atoms with Crippen molar-refractivity contribution in [3.8, 4) is 0 Å². The average Bonchev–Trinajstić information content (AvgIpc) is 2.44. The molecule has 0 saturated carbocycles. The number of rotatable bonds is 4. The standard InChI is InChI=1S/C12H22O9/c13-3-9-5(15)1-7(17)11(19-9)21-12-8(18)2-6(16)10(4-14)20-12/h5-18H,1-4H2/t5-,6-,7+,8+,9+,10+,11+,12+/m0/s1. The van der Waals surface area contributed by atoms with Crippen LogP contribution >= 0.6 is 0 Å². The summed E-state index contributed by atoms with van der Waals surface area (Å²) in [5.74, 6) is 0. The molecule has 8 atom stereocenters. The summed E-state index contributed by atoms with van der Waals surface area (Å²) in [5, 5.41) is 56.9. The molecular formula is C12H22O9. The first-order chi connectivity index (χ1) is 9.96. The van der Waals surface area contributed by atoms with E-state index in [9.17, 15) is 20.4 Å². The summed E-state index contributed by atoms with van der Waals surface area (Å²) in [4.78, 5) is 0. The molecule has 0 bridgehead atoms. The third-order valence-electron chi connectivity index (χ3n) is 3.70. The predicted octanol–water partition coefficient (Wildman–Crippen LogP) is -3.34. The highest BCUT2D eigenvalue weighted by atomic mass is 16.8. The van der Waals surface area contributed by atoms with E-state index in [1.165, 1.54) is 0 Å². The first-order valence-electron chi connectivity index (χ1n) is 6.86. The summed E-state index contributed by atoms with van der Waals surface area (Å²) >= 11 is 0. The highest BCUT2D eigenvalue weighted by Crippen LogP contribution is 2.27. The van der Waals surface area contributed by atoms with Crippen LogP contribution in [0.5, 0.6) is 0 Å². The minimum absolute atomic E-state index is 0.0508. The van der Waals surface area contributed by atoms with E-state index in [4.69, 9.17) is 24.4 Å². The van der Waals surface area contributed by atoms with E-state index in [0.29, 0.717) is 0 Å². The molecule has 0 aromatic rings. The van der Waals surface area contributed by atoms with Crippen molar-refractivity contribution in [1.82, 2.24) is 0 Å². The molecule has 9 heteroatoms. The maximum atomic E-state index is 9.82. The van der Waals surface area contributed by atoms with Gasteiger partial charge in [-0.1, -0.05) is 0 Å². The van der Waals surface area contributed by atoms with Crippen LogP contribution < -0.4 is 0 Å². The van der Waals surface area contributed by atoms with Crippen molar-refractivity contribution < 1.29 is 44.8 Å². The summed E-state index contributed by atoms with van der Waals surface area (Å²) < 4.78 is 15.8. The Morgan fingerprint density at radius 2 is 1.10 bits per heavy atom. The van der Waals surface area contributed by atoms with Gasteiger partial charge in [0.2, 0.25) is 0 Å². The van der Waals surface area contributed by atoms with E-state index in [1.807, 2.05) is 0 Å². The molecule has 124 valence electrons. The highest BCUT2D eigenvalue weighted by Gasteiger charge is 2.42. The second-order valence-electron chi connectivity index (χ2n) is 5.33. The molecule has 0 aromatic heterocycles. The fourth-order valence-corrected chi connectivity index (χ4v) is 2.44. The maximum Gasteiger partial charge on any atom is 0.187 e. The van der Waals surface area contributed by atoms with E-state index >= 15 is 0 Å².